The molecule has 0 atom stereocenters. The van der Waals surface area contributed by atoms with Gasteiger partial charge in [-0.1, -0.05) is 159 Å². The van der Waals surface area contributed by atoms with Gasteiger partial charge < -0.3 is 20.4 Å². The third kappa shape index (κ3) is 15.9. The van der Waals surface area contributed by atoms with Crippen LogP contribution in [0.1, 0.15) is 153 Å². The summed E-state index contributed by atoms with van der Waals surface area (Å²) in [6.07, 6.45) is 25.1. The quantitative estimate of drug-likeness (QED) is 0.0440. The molecule has 0 aliphatic rings. The van der Waals surface area contributed by atoms with Gasteiger partial charge in [-0.3, -0.25) is 0 Å². The molecule has 2 N–H and O–H groups in total. The normalized spacial score (nSPS) is 11.1. The smallest absolute Gasteiger partial charge is 0.0463 e. The monoisotopic (exact) mass is 931 g/mol. The van der Waals surface area contributed by atoms with Crippen molar-refractivity contribution in [2.24, 2.45) is 0 Å². The van der Waals surface area contributed by atoms with Crippen LogP contribution in [0.5, 0.6) is 0 Å². The predicted molar refractivity (Wildman–Crippen MR) is 307 cm³/mol. The van der Waals surface area contributed by atoms with E-state index in [1.54, 1.807) is 0 Å². The lowest BCUT2D eigenvalue weighted by atomic mass is 10.0. The summed E-state index contributed by atoms with van der Waals surface area (Å²) in [4.78, 5) is 4.78. The first-order chi connectivity index (χ1) is 34.5. The van der Waals surface area contributed by atoms with Crippen LogP contribution in [-0.2, 0) is 25.7 Å². The maximum atomic E-state index is 3.68. The van der Waals surface area contributed by atoms with Crippen molar-refractivity contribution in [2.45, 2.75) is 156 Å². The van der Waals surface area contributed by atoms with E-state index in [9.17, 15) is 0 Å². The first-order valence-corrected chi connectivity index (χ1v) is 27.3. The lowest BCUT2D eigenvalue weighted by Crippen LogP contribution is -2.10. The molecule has 0 amide bonds. The number of anilines is 10. The lowest BCUT2D eigenvalue weighted by molar-refractivity contribution is 0.667. The fourth-order valence-corrected chi connectivity index (χ4v) is 9.56. The molecule has 7 aromatic rings. The highest BCUT2D eigenvalue weighted by molar-refractivity contribution is 5.80. The minimum atomic E-state index is 1.03. The lowest BCUT2D eigenvalue weighted by Gasteiger charge is -2.26. The molecule has 7 aromatic carbocycles. The van der Waals surface area contributed by atoms with E-state index in [1.807, 2.05) is 0 Å². The predicted octanol–water partition coefficient (Wildman–Crippen LogP) is 20.6. The molecule has 70 heavy (non-hydrogen) atoms. The molecule has 0 saturated heterocycles. The van der Waals surface area contributed by atoms with Crippen LogP contribution in [0, 0.1) is 0 Å². The molecule has 7 rings (SSSR count). The topological polar surface area (TPSA) is 30.5 Å². The fourth-order valence-electron chi connectivity index (χ4n) is 9.56. The second-order valence-electron chi connectivity index (χ2n) is 19.5. The molecule has 0 fully saturated rings. The number of nitrogens with zero attached hydrogens (tertiary/aromatic N) is 2. The molecule has 0 saturated carbocycles. The first-order valence-electron chi connectivity index (χ1n) is 27.3. The van der Waals surface area contributed by atoms with E-state index in [-0.39, 0.29) is 0 Å². The van der Waals surface area contributed by atoms with Gasteiger partial charge in [0.1, 0.15) is 0 Å². The third-order valence-corrected chi connectivity index (χ3v) is 13.7. The summed E-state index contributed by atoms with van der Waals surface area (Å²) in [7, 11) is 0. The van der Waals surface area contributed by atoms with Gasteiger partial charge in [-0.05, 0) is 189 Å². The minimum Gasteiger partial charge on any atom is -0.355 e. The Morgan fingerprint density at radius 1 is 0.257 bits per heavy atom. The Bertz CT molecular complexity index is 2220. The zero-order valence-corrected chi connectivity index (χ0v) is 43.2. The van der Waals surface area contributed by atoms with Gasteiger partial charge in [-0.15, -0.1) is 0 Å². The van der Waals surface area contributed by atoms with Crippen molar-refractivity contribution in [3.05, 3.63) is 192 Å². The Hall–Kier alpha value is -6.26. The molecule has 4 nitrogen and oxygen atoms in total. The second kappa shape index (κ2) is 28.4. The Kier molecular flexibility index (Phi) is 20.9. The summed E-state index contributed by atoms with van der Waals surface area (Å²) in [5.41, 5.74) is 16.8. The molecule has 0 heterocycles. The minimum absolute atomic E-state index is 1.03. The number of benzene rings is 7. The van der Waals surface area contributed by atoms with E-state index >= 15 is 0 Å². The van der Waals surface area contributed by atoms with Crippen LogP contribution < -0.4 is 20.4 Å². The average Bonchev–Trinajstić information content (AvgIpc) is 3.40. The maximum absolute atomic E-state index is 3.68. The number of hydrogen-bond donors (Lipinski definition) is 2. The van der Waals surface area contributed by atoms with Gasteiger partial charge in [0.25, 0.3) is 0 Å². The zero-order valence-electron chi connectivity index (χ0n) is 43.2. The Morgan fingerprint density at radius 2 is 0.500 bits per heavy atom. The van der Waals surface area contributed by atoms with Crippen molar-refractivity contribution in [1.82, 2.24) is 0 Å². The van der Waals surface area contributed by atoms with Crippen molar-refractivity contribution in [3.63, 3.8) is 0 Å². The summed E-state index contributed by atoms with van der Waals surface area (Å²) in [5.74, 6) is 0. The van der Waals surface area contributed by atoms with Crippen LogP contribution in [0.3, 0.4) is 0 Å². The zero-order chi connectivity index (χ0) is 48.6. The maximum Gasteiger partial charge on any atom is 0.0463 e. The van der Waals surface area contributed by atoms with Crippen molar-refractivity contribution >= 4 is 56.9 Å². The molecule has 0 unspecified atom stereocenters. The molecule has 0 radical (unpaired) electrons. The SMILES string of the molecule is CCCCCCc1ccc(N(c2ccc(CCCCCC)cc2)c2ccc(Nc3cccc(Nc4ccc(N(c5ccc(CCCCCC)cc5)c5ccc(CCCCCC)cc5)cc4)c3)cc2)cc1. The molecular weight excluding hydrogens is 849 g/mol. The molecule has 0 aliphatic heterocycles. The molecule has 366 valence electrons. The van der Waals surface area contributed by atoms with E-state index in [0.29, 0.717) is 0 Å². The number of hydrogen-bond acceptors (Lipinski definition) is 4. The molecule has 0 spiro atoms. The van der Waals surface area contributed by atoms with Crippen LogP contribution in [0.15, 0.2) is 170 Å². The van der Waals surface area contributed by atoms with E-state index in [0.717, 1.165) is 59.8 Å². The van der Waals surface area contributed by atoms with Gasteiger partial charge in [0.15, 0.2) is 0 Å². The van der Waals surface area contributed by atoms with Crippen molar-refractivity contribution in [2.75, 3.05) is 20.4 Å². The summed E-state index contributed by atoms with van der Waals surface area (Å²) >= 11 is 0. The van der Waals surface area contributed by atoms with Crippen molar-refractivity contribution < 1.29 is 0 Å². The van der Waals surface area contributed by atoms with E-state index in [1.165, 1.54) is 148 Å². The van der Waals surface area contributed by atoms with Crippen molar-refractivity contribution in [3.8, 4) is 0 Å². The van der Waals surface area contributed by atoms with Crippen LogP contribution >= 0.6 is 0 Å². The highest BCUT2D eigenvalue weighted by atomic mass is 15.1. The second-order valence-corrected chi connectivity index (χ2v) is 19.5. The Labute approximate surface area is 423 Å². The van der Waals surface area contributed by atoms with Gasteiger partial charge in [-0.25, -0.2) is 0 Å². The number of aryl methyl sites for hydroxylation is 4. The van der Waals surface area contributed by atoms with E-state index in [2.05, 4.69) is 218 Å². The summed E-state index contributed by atoms with van der Waals surface area (Å²) in [6, 6.07) is 63.2. The van der Waals surface area contributed by atoms with Crippen LogP contribution in [0.25, 0.3) is 0 Å². The van der Waals surface area contributed by atoms with Gasteiger partial charge in [0.05, 0.1) is 0 Å². The summed E-state index contributed by atoms with van der Waals surface area (Å²) < 4.78 is 0. The third-order valence-electron chi connectivity index (χ3n) is 13.7. The highest BCUT2D eigenvalue weighted by Gasteiger charge is 2.15. The average molecular weight is 931 g/mol. The van der Waals surface area contributed by atoms with Gasteiger partial charge in [-0.2, -0.15) is 0 Å². The number of unbranched alkanes of at least 4 members (excludes halogenated alkanes) is 12. The van der Waals surface area contributed by atoms with E-state index in [4.69, 9.17) is 0 Å². The molecule has 0 bridgehead atoms. The van der Waals surface area contributed by atoms with E-state index < -0.39 is 0 Å². The van der Waals surface area contributed by atoms with Gasteiger partial charge in [0, 0.05) is 56.9 Å². The highest BCUT2D eigenvalue weighted by Crippen LogP contribution is 2.38. The van der Waals surface area contributed by atoms with Crippen LogP contribution in [0.2, 0.25) is 0 Å². The standard InChI is InChI=1S/C66H82N4/c1-5-9-13-17-22-53-28-40-61(41-29-53)69(62-42-30-54(31-43-62)23-18-14-10-6-2)65-48-36-57(37-49-65)67-59-26-21-27-60(52-59)68-58-38-50-66(51-39-58)70(63-44-32-55(33-45-63)24-19-15-11-7-3)64-46-34-56(35-47-64)25-20-16-12-8-4/h21,26-52,67-68H,5-20,22-25H2,1-4H3. The van der Waals surface area contributed by atoms with Gasteiger partial charge >= 0.3 is 0 Å². The van der Waals surface area contributed by atoms with Gasteiger partial charge in [0.2, 0.25) is 0 Å². The Balaban J connectivity index is 1.04. The molecule has 4 heteroatoms. The van der Waals surface area contributed by atoms with Crippen LogP contribution in [-0.4, -0.2) is 0 Å². The Morgan fingerprint density at radius 3 is 0.743 bits per heavy atom. The molecule has 0 aromatic heterocycles. The number of nitrogens with one attached hydrogen (secondary N) is 2. The van der Waals surface area contributed by atoms with Crippen molar-refractivity contribution in [1.29, 1.82) is 0 Å². The first kappa shape index (κ1) is 51.6. The van der Waals surface area contributed by atoms with Crippen LogP contribution in [0.4, 0.5) is 56.9 Å². The summed E-state index contributed by atoms with van der Waals surface area (Å²) in [5, 5.41) is 7.37. The molecule has 0 aliphatic carbocycles. The largest absolute Gasteiger partial charge is 0.355 e. The fraction of sp³-hybridized carbons (Fsp3) is 0.364. The molecular formula is C66H82N4. The number of rotatable bonds is 30. The summed E-state index contributed by atoms with van der Waals surface area (Å²) in [6.45, 7) is 9.11.